The van der Waals surface area contributed by atoms with E-state index in [4.69, 9.17) is 9.47 Å². The molecule has 4 aromatic carbocycles. The molecule has 2 aliphatic rings. The minimum Gasteiger partial charge on any atom is -0.449 e. The van der Waals surface area contributed by atoms with Gasteiger partial charge in [-0.15, -0.1) is 0 Å². The number of amides is 2. The molecule has 292 valence electrons. The van der Waals surface area contributed by atoms with Crippen LogP contribution in [0, 0.1) is 11.8 Å². The summed E-state index contributed by atoms with van der Waals surface area (Å²) < 4.78 is 11.4. The summed E-state index contributed by atoms with van der Waals surface area (Å²) in [6.07, 6.45) is -1.10. The number of benzene rings is 4. The number of rotatable bonds is 16. The summed E-state index contributed by atoms with van der Waals surface area (Å²) in [5.74, 6) is -2.35. The molecule has 0 bridgehead atoms. The molecule has 11 heteroatoms. The topological polar surface area (TPSA) is 128 Å². The molecule has 0 aromatic heterocycles. The van der Waals surface area contributed by atoms with E-state index in [1.54, 1.807) is 0 Å². The van der Waals surface area contributed by atoms with Crippen molar-refractivity contribution >= 4 is 61.4 Å². The molecule has 0 saturated heterocycles. The van der Waals surface area contributed by atoms with E-state index in [2.05, 4.69) is 42.5 Å². The fraction of sp³-hybridized carbons (Fsp3) is 0.356. The van der Waals surface area contributed by atoms with Gasteiger partial charge in [0.1, 0.15) is 22.9 Å². The third kappa shape index (κ3) is 8.99. The number of Topliss-reactive ketones (excluding diaryl/α,β-unsaturated/α-hetero) is 3. The zero-order valence-electron chi connectivity index (χ0n) is 31.8. The van der Waals surface area contributed by atoms with Crippen molar-refractivity contribution in [2.24, 2.45) is 11.8 Å². The van der Waals surface area contributed by atoms with Crippen molar-refractivity contribution in [1.82, 2.24) is 10.6 Å². The second-order valence-electron chi connectivity index (χ2n) is 15.2. The van der Waals surface area contributed by atoms with Crippen LogP contribution in [0.5, 0.6) is 0 Å². The molecule has 2 N–H and O–H groups in total. The Labute approximate surface area is 344 Å². The summed E-state index contributed by atoms with van der Waals surface area (Å²) in [6.45, 7) is 7.70. The average Bonchev–Trinajstić information content (AvgIpc) is 3.69. The van der Waals surface area contributed by atoms with E-state index < -0.39 is 51.3 Å². The van der Waals surface area contributed by atoms with Crippen molar-refractivity contribution in [1.29, 1.82) is 0 Å². The number of hydrogen-bond acceptors (Lipinski definition) is 7. The maximum atomic E-state index is 13.8. The second kappa shape index (κ2) is 18.1. The van der Waals surface area contributed by atoms with Crippen molar-refractivity contribution in [3.8, 4) is 22.3 Å². The van der Waals surface area contributed by atoms with Gasteiger partial charge in [0.15, 0.2) is 17.3 Å². The van der Waals surface area contributed by atoms with E-state index in [-0.39, 0.29) is 49.7 Å². The lowest BCUT2D eigenvalue weighted by molar-refractivity contribution is -0.130. The van der Waals surface area contributed by atoms with Crippen LogP contribution >= 0.6 is 31.9 Å². The third-order valence-electron chi connectivity index (χ3n) is 10.4. The van der Waals surface area contributed by atoms with Crippen molar-refractivity contribution < 1.29 is 33.4 Å². The van der Waals surface area contributed by atoms with E-state index in [1.807, 2.05) is 125 Å². The SMILES string of the molecule is CC(C)C[C@H](NC(=O)OCC1c2ccccc2-c2ccccc21)C(=O)C(Br)C(=O)C(Br)C(=O)[C@H](CC(C)C)NC(=O)OCC1c2ccccc2-c2ccccc21. The van der Waals surface area contributed by atoms with Crippen LogP contribution < -0.4 is 10.6 Å². The normalized spacial score (nSPS) is 15.1. The fourth-order valence-electron chi connectivity index (χ4n) is 7.76. The quantitative estimate of drug-likeness (QED) is 0.0849. The number of fused-ring (bicyclic) bond motifs is 6. The molecule has 0 radical (unpaired) electrons. The van der Waals surface area contributed by atoms with Crippen LogP contribution in [0.4, 0.5) is 9.59 Å². The highest BCUT2D eigenvalue weighted by molar-refractivity contribution is 9.11. The van der Waals surface area contributed by atoms with Crippen LogP contribution in [-0.2, 0) is 23.9 Å². The predicted octanol–water partition coefficient (Wildman–Crippen LogP) is 9.13. The summed E-state index contributed by atoms with van der Waals surface area (Å²) in [5, 5.41) is 5.36. The van der Waals surface area contributed by atoms with Gasteiger partial charge in [-0.05, 0) is 69.2 Å². The zero-order valence-corrected chi connectivity index (χ0v) is 35.0. The van der Waals surface area contributed by atoms with E-state index in [0.717, 1.165) is 44.5 Å². The number of carbonyl (C=O) groups is 5. The molecular weight excluding hydrogens is 840 g/mol. The Morgan fingerprint density at radius 2 is 0.786 bits per heavy atom. The Kier molecular flexibility index (Phi) is 13.3. The van der Waals surface area contributed by atoms with Gasteiger partial charge in [0.25, 0.3) is 0 Å². The molecule has 0 aliphatic heterocycles. The van der Waals surface area contributed by atoms with E-state index in [1.165, 1.54) is 0 Å². The Bertz CT molecular complexity index is 1880. The first kappa shape index (κ1) is 41.0. The number of nitrogens with one attached hydrogen (secondary N) is 2. The Balaban J connectivity index is 1.07. The molecule has 9 nitrogen and oxygen atoms in total. The molecule has 4 aromatic rings. The van der Waals surface area contributed by atoms with Gasteiger partial charge in [-0.1, -0.05) is 157 Å². The summed E-state index contributed by atoms with van der Waals surface area (Å²) in [6, 6.07) is 29.8. The molecular formula is C45H46Br2N2O7. The minimum atomic E-state index is -1.43. The predicted molar refractivity (Wildman–Crippen MR) is 223 cm³/mol. The first-order valence-corrected chi connectivity index (χ1v) is 20.8. The number of ketones is 3. The molecule has 6 rings (SSSR count). The smallest absolute Gasteiger partial charge is 0.407 e. The number of carbonyl (C=O) groups excluding carboxylic acids is 5. The number of alkyl carbamates (subject to hydrolysis) is 2. The number of ether oxygens (including phenoxy) is 2. The Morgan fingerprint density at radius 3 is 1.07 bits per heavy atom. The van der Waals surface area contributed by atoms with Crippen LogP contribution in [-0.4, -0.2) is 64.5 Å². The molecule has 0 heterocycles. The van der Waals surface area contributed by atoms with E-state index in [0.29, 0.717) is 0 Å². The molecule has 2 aliphatic carbocycles. The van der Waals surface area contributed by atoms with Crippen molar-refractivity contribution in [3.05, 3.63) is 119 Å². The lowest BCUT2D eigenvalue weighted by Crippen LogP contribution is -2.51. The van der Waals surface area contributed by atoms with E-state index in [9.17, 15) is 24.0 Å². The molecule has 0 saturated carbocycles. The Hall–Kier alpha value is -4.61. The molecule has 2 amide bonds. The minimum absolute atomic E-state index is 0.0223. The van der Waals surface area contributed by atoms with Crippen molar-refractivity contribution in [2.45, 2.75) is 74.1 Å². The van der Waals surface area contributed by atoms with Crippen LogP contribution in [0.1, 0.15) is 74.6 Å². The lowest BCUT2D eigenvalue weighted by atomic mass is 9.93. The molecule has 0 spiro atoms. The Morgan fingerprint density at radius 1 is 0.500 bits per heavy atom. The molecule has 56 heavy (non-hydrogen) atoms. The third-order valence-corrected chi connectivity index (χ3v) is 12.2. The average molecular weight is 887 g/mol. The highest BCUT2D eigenvalue weighted by Crippen LogP contribution is 2.45. The molecule has 2 unspecified atom stereocenters. The summed E-state index contributed by atoms with van der Waals surface area (Å²) in [7, 11) is 0. The summed E-state index contributed by atoms with van der Waals surface area (Å²) >= 11 is 6.48. The van der Waals surface area contributed by atoms with Gasteiger partial charge < -0.3 is 20.1 Å². The van der Waals surface area contributed by atoms with E-state index >= 15 is 0 Å². The fourth-order valence-corrected chi connectivity index (χ4v) is 9.28. The number of alkyl halides is 2. The van der Waals surface area contributed by atoms with Gasteiger partial charge in [-0.25, -0.2) is 9.59 Å². The standard InChI is InChI=1S/C45H46Br2N2O7/c1-25(2)21-37(48-44(53)55-23-35-31-17-9-5-13-27(31)28-14-6-10-18-32(28)35)41(50)39(46)43(52)40(47)42(51)38(22-26(3)4)49-45(54)56-24-36-33-19-11-7-15-29(33)30-16-8-12-20-34(30)36/h5-20,25-26,35-40H,21-24H2,1-4H3,(H,48,53)(H,49,54)/t37-,38-,39?,40?/m0/s1. The van der Waals surface area contributed by atoms with Crippen LogP contribution in [0.25, 0.3) is 22.3 Å². The van der Waals surface area contributed by atoms with Crippen molar-refractivity contribution in [3.63, 3.8) is 0 Å². The molecule has 0 fully saturated rings. The monoisotopic (exact) mass is 884 g/mol. The van der Waals surface area contributed by atoms with Crippen LogP contribution in [0.3, 0.4) is 0 Å². The largest absolute Gasteiger partial charge is 0.449 e. The first-order valence-electron chi connectivity index (χ1n) is 19.0. The van der Waals surface area contributed by atoms with Gasteiger partial charge in [-0.3, -0.25) is 14.4 Å². The van der Waals surface area contributed by atoms with Crippen molar-refractivity contribution in [2.75, 3.05) is 13.2 Å². The second-order valence-corrected chi connectivity index (χ2v) is 17.1. The summed E-state index contributed by atoms with van der Waals surface area (Å²) in [5.41, 5.74) is 8.58. The number of halogens is 2. The number of hydrogen-bond donors (Lipinski definition) is 2. The van der Waals surface area contributed by atoms with Gasteiger partial charge in [-0.2, -0.15) is 0 Å². The lowest BCUT2D eigenvalue weighted by Gasteiger charge is -2.25. The highest BCUT2D eigenvalue weighted by Gasteiger charge is 2.40. The zero-order chi connectivity index (χ0) is 40.1. The maximum Gasteiger partial charge on any atom is 0.407 e. The van der Waals surface area contributed by atoms with Gasteiger partial charge >= 0.3 is 12.2 Å². The summed E-state index contributed by atoms with van der Waals surface area (Å²) in [4.78, 5) is 64.9. The molecule has 4 atom stereocenters. The van der Waals surface area contributed by atoms with Crippen LogP contribution in [0.2, 0.25) is 0 Å². The van der Waals surface area contributed by atoms with Gasteiger partial charge in [0.2, 0.25) is 0 Å². The highest BCUT2D eigenvalue weighted by atomic mass is 79.9. The van der Waals surface area contributed by atoms with Crippen LogP contribution in [0.15, 0.2) is 97.1 Å². The van der Waals surface area contributed by atoms with Gasteiger partial charge in [0.05, 0.1) is 12.1 Å². The van der Waals surface area contributed by atoms with Gasteiger partial charge in [0, 0.05) is 11.8 Å². The maximum absolute atomic E-state index is 13.8. The first-order chi connectivity index (χ1) is 26.8.